The Hall–Kier alpha value is -5.12. The SMILES string of the molecule is CN1CCN([C@@H]2CCCN(c3cnc(C(N)O)c(Nc4ccc(C5(C)CCN(CCCCc6cccc7c6CN(C6CCC(=O)NC6=O)C7=O)CC5)cc4)n3)C2)C1=O. The molecular weight excluding hydrogens is 737 g/mol. The van der Waals surface area contributed by atoms with Crippen LogP contribution < -0.4 is 21.3 Å². The highest BCUT2D eigenvalue weighted by atomic mass is 16.3. The number of benzene rings is 2. The summed E-state index contributed by atoms with van der Waals surface area (Å²) in [6.07, 6.45) is 7.94. The van der Waals surface area contributed by atoms with Gasteiger partial charge in [0.15, 0.2) is 5.82 Å². The van der Waals surface area contributed by atoms with Crippen LogP contribution in [0.3, 0.4) is 0 Å². The topological polar surface area (TPSA) is 181 Å². The van der Waals surface area contributed by atoms with Gasteiger partial charge >= 0.3 is 6.03 Å². The van der Waals surface area contributed by atoms with Gasteiger partial charge in [0, 0.05) is 57.4 Å². The van der Waals surface area contributed by atoms with E-state index in [0.717, 1.165) is 95.5 Å². The predicted molar refractivity (Wildman–Crippen MR) is 219 cm³/mol. The first-order chi connectivity index (χ1) is 28.0. The standard InChI is InChI=1S/C43H56N10O5/c1-43(17-21-50(22-18-43)19-4-3-7-28-8-5-10-32-33(28)27-53(41(32)57)34-15-16-36(54)48-40(34)56)29-11-13-30(14-12-29)46-39-37(38(44)55)45-25-35(47-39)51-20-6-9-31(26-51)52-24-23-49(2)42(52)58/h5,8,10-14,25,31,34,38,55H,3-4,6-7,9,15-24,26-27,44H2,1-2H3,(H,46,47)(H,48,54,56)/t31-,34?,38?/m1/s1. The Kier molecular flexibility index (Phi) is 11.4. The molecule has 2 unspecified atom stereocenters. The molecule has 0 saturated carbocycles. The van der Waals surface area contributed by atoms with Gasteiger partial charge in [-0.2, -0.15) is 0 Å². The highest BCUT2D eigenvalue weighted by Crippen LogP contribution is 2.37. The fraction of sp³-hybridized carbons (Fsp3) is 0.535. The van der Waals surface area contributed by atoms with Crippen LogP contribution in [0.1, 0.15) is 97.3 Å². The van der Waals surface area contributed by atoms with E-state index in [1.165, 1.54) is 11.1 Å². The van der Waals surface area contributed by atoms with Crippen LogP contribution in [-0.2, 0) is 28.0 Å². The van der Waals surface area contributed by atoms with Crippen molar-refractivity contribution in [1.29, 1.82) is 0 Å². The van der Waals surface area contributed by atoms with E-state index in [1.807, 2.05) is 24.1 Å². The summed E-state index contributed by atoms with van der Waals surface area (Å²) < 4.78 is 0. The minimum absolute atomic E-state index is 0.0508. The van der Waals surface area contributed by atoms with Crippen molar-refractivity contribution < 1.29 is 24.3 Å². The summed E-state index contributed by atoms with van der Waals surface area (Å²) in [5.41, 5.74) is 11.2. The number of aliphatic hydroxyl groups excluding tert-OH is 1. The maximum Gasteiger partial charge on any atom is 0.320 e. The third-order valence-electron chi connectivity index (χ3n) is 13.1. The fourth-order valence-electron chi connectivity index (χ4n) is 9.46. The minimum atomic E-state index is -1.29. The molecule has 308 valence electrons. The summed E-state index contributed by atoms with van der Waals surface area (Å²) in [4.78, 5) is 69.6. The van der Waals surface area contributed by atoms with Crippen molar-refractivity contribution in [3.8, 4) is 0 Å². The minimum Gasteiger partial charge on any atom is -0.373 e. The Balaban J connectivity index is 0.826. The van der Waals surface area contributed by atoms with Crippen LogP contribution in [0, 0.1) is 0 Å². The molecule has 8 rings (SSSR count). The average molecular weight is 793 g/mol. The lowest BCUT2D eigenvalue weighted by molar-refractivity contribution is -0.136. The summed E-state index contributed by atoms with van der Waals surface area (Å²) in [6.45, 7) is 8.79. The van der Waals surface area contributed by atoms with Gasteiger partial charge in [0.1, 0.15) is 23.8 Å². The van der Waals surface area contributed by atoms with E-state index in [1.54, 1.807) is 16.0 Å². The van der Waals surface area contributed by atoms with Gasteiger partial charge in [0.2, 0.25) is 11.8 Å². The number of anilines is 3. The average Bonchev–Trinajstić information content (AvgIpc) is 3.74. The number of aryl methyl sites for hydroxylation is 1. The van der Waals surface area contributed by atoms with Gasteiger partial charge in [-0.3, -0.25) is 19.7 Å². The Morgan fingerprint density at radius 2 is 1.78 bits per heavy atom. The van der Waals surface area contributed by atoms with Crippen molar-refractivity contribution >= 4 is 41.1 Å². The van der Waals surface area contributed by atoms with Crippen molar-refractivity contribution in [3.05, 3.63) is 76.6 Å². The number of unbranched alkanes of at least 4 members (excludes halogenated alkanes) is 1. The third-order valence-corrected chi connectivity index (χ3v) is 13.1. The molecule has 0 radical (unpaired) electrons. The van der Waals surface area contributed by atoms with Crippen LogP contribution in [0.2, 0.25) is 0 Å². The fourth-order valence-corrected chi connectivity index (χ4v) is 9.46. The number of aromatic nitrogens is 2. The Morgan fingerprint density at radius 3 is 2.50 bits per heavy atom. The summed E-state index contributed by atoms with van der Waals surface area (Å²) in [5.74, 6) is 0.321. The second-order valence-electron chi connectivity index (χ2n) is 17.0. The maximum atomic E-state index is 13.2. The van der Waals surface area contributed by atoms with E-state index in [0.29, 0.717) is 36.7 Å². The number of fused-ring (bicyclic) bond motifs is 1. The zero-order valence-electron chi connectivity index (χ0n) is 33.7. The lowest BCUT2D eigenvalue weighted by Gasteiger charge is -2.40. The van der Waals surface area contributed by atoms with Crippen LogP contribution in [0.15, 0.2) is 48.7 Å². The molecule has 15 nitrogen and oxygen atoms in total. The van der Waals surface area contributed by atoms with Crippen molar-refractivity contribution in [2.75, 3.05) is 63.1 Å². The molecule has 3 aromatic rings. The zero-order valence-corrected chi connectivity index (χ0v) is 33.7. The molecule has 5 N–H and O–H groups in total. The normalized spacial score (nSPS) is 23.0. The van der Waals surface area contributed by atoms with Gasteiger partial charge in [-0.15, -0.1) is 0 Å². The number of piperidine rings is 3. The number of urea groups is 1. The second-order valence-corrected chi connectivity index (χ2v) is 17.0. The summed E-state index contributed by atoms with van der Waals surface area (Å²) >= 11 is 0. The number of amides is 5. The number of aliphatic hydroxyl groups is 1. The molecule has 1 aromatic heterocycles. The van der Waals surface area contributed by atoms with E-state index >= 15 is 0 Å². The van der Waals surface area contributed by atoms with Crippen molar-refractivity contribution in [3.63, 3.8) is 0 Å². The molecule has 15 heteroatoms. The van der Waals surface area contributed by atoms with E-state index in [-0.39, 0.29) is 47.3 Å². The van der Waals surface area contributed by atoms with E-state index < -0.39 is 12.3 Å². The molecule has 2 aromatic carbocycles. The lowest BCUT2D eigenvalue weighted by atomic mass is 9.74. The monoisotopic (exact) mass is 792 g/mol. The first-order valence-corrected chi connectivity index (χ1v) is 20.9. The largest absolute Gasteiger partial charge is 0.373 e. The third kappa shape index (κ3) is 8.12. The number of nitrogens with one attached hydrogen (secondary N) is 2. The Bertz CT molecular complexity index is 2030. The van der Waals surface area contributed by atoms with Gasteiger partial charge in [-0.25, -0.2) is 14.8 Å². The van der Waals surface area contributed by atoms with E-state index in [2.05, 4.69) is 62.7 Å². The van der Waals surface area contributed by atoms with Crippen molar-refractivity contribution in [1.82, 2.24) is 34.9 Å². The molecule has 5 aliphatic rings. The molecule has 0 aliphatic carbocycles. The molecular formula is C43H56N10O5. The van der Waals surface area contributed by atoms with Crippen LogP contribution in [-0.4, -0.2) is 123 Å². The van der Waals surface area contributed by atoms with Crippen molar-refractivity contribution in [2.24, 2.45) is 5.73 Å². The number of hydrogen-bond donors (Lipinski definition) is 4. The second kappa shape index (κ2) is 16.6. The lowest BCUT2D eigenvalue weighted by Crippen LogP contribution is -2.52. The summed E-state index contributed by atoms with van der Waals surface area (Å²) in [5, 5.41) is 16.1. The van der Waals surface area contributed by atoms with Crippen LogP contribution in [0.5, 0.6) is 0 Å². The van der Waals surface area contributed by atoms with Crippen LogP contribution in [0.4, 0.5) is 22.1 Å². The molecule has 6 heterocycles. The van der Waals surface area contributed by atoms with Gasteiger partial charge in [-0.1, -0.05) is 31.2 Å². The number of hydrogen-bond acceptors (Lipinski definition) is 11. The number of likely N-dealkylation sites (tertiary alicyclic amines) is 1. The Morgan fingerprint density at radius 1 is 0.983 bits per heavy atom. The number of likely N-dealkylation sites (N-methyl/N-ethyl adjacent to an activating group) is 1. The van der Waals surface area contributed by atoms with Gasteiger partial charge in [0.25, 0.3) is 5.91 Å². The molecule has 0 spiro atoms. The maximum absolute atomic E-state index is 13.2. The number of carbonyl (C=O) groups excluding carboxylic acids is 4. The summed E-state index contributed by atoms with van der Waals surface area (Å²) in [6, 6.07) is 13.9. The number of rotatable bonds is 12. The zero-order chi connectivity index (χ0) is 40.6. The predicted octanol–water partition coefficient (Wildman–Crippen LogP) is 3.64. The smallest absolute Gasteiger partial charge is 0.320 e. The van der Waals surface area contributed by atoms with Gasteiger partial charge in [0.05, 0.1) is 12.2 Å². The molecule has 5 amide bonds. The number of imide groups is 1. The highest BCUT2D eigenvalue weighted by molar-refractivity contribution is 6.05. The molecule has 5 aliphatic heterocycles. The van der Waals surface area contributed by atoms with E-state index in [4.69, 9.17) is 10.7 Å². The van der Waals surface area contributed by atoms with Crippen LogP contribution >= 0.6 is 0 Å². The number of carbonyl (C=O) groups is 4. The molecule has 0 bridgehead atoms. The Labute approximate surface area is 339 Å². The van der Waals surface area contributed by atoms with Crippen molar-refractivity contribution in [2.45, 2.75) is 95.0 Å². The molecule has 4 saturated heterocycles. The molecule has 3 atom stereocenters. The molecule has 58 heavy (non-hydrogen) atoms. The quantitative estimate of drug-likeness (QED) is 0.120. The number of nitrogens with zero attached hydrogens (tertiary/aromatic N) is 7. The number of nitrogens with two attached hydrogens (primary N) is 1. The first-order valence-electron chi connectivity index (χ1n) is 20.9. The van der Waals surface area contributed by atoms with Gasteiger partial charge in [-0.05, 0) is 111 Å². The highest BCUT2D eigenvalue weighted by Gasteiger charge is 2.40. The first kappa shape index (κ1) is 39.7. The summed E-state index contributed by atoms with van der Waals surface area (Å²) in [7, 11) is 1.84. The van der Waals surface area contributed by atoms with Gasteiger partial charge < -0.3 is 40.7 Å². The van der Waals surface area contributed by atoms with Crippen LogP contribution in [0.25, 0.3) is 0 Å². The molecule has 4 fully saturated rings. The van der Waals surface area contributed by atoms with E-state index in [9.17, 15) is 24.3 Å².